The van der Waals surface area contributed by atoms with Gasteiger partial charge in [0.1, 0.15) is 5.82 Å². The number of hydrogen-bond acceptors (Lipinski definition) is 5. The van der Waals surface area contributed by atoms with E-state index in [0.717, 1.165) is 28.4 Å². The summed E-state index contributed by atoms with van der Waals surface area (Å²) in [4.78, 5) is 16.6. The first-order chi connectivity index (χ1) is 15.0. The number of allylic oxidation sites excluding steroid dienone is 1. The Morgan fingerprint density at radius 3 is 2.94 bits per heavy atom. The molecule has 8 heteroatoms. The fourth-order valence-corrected chi connectivity index (χ4v) is 3.71. The van der Waals surface area contributed by atoms with E-state index >= 15 is 0 Å². The van der Waals surface area contributed by atoms with Gasteiger partial charge in [0, 0.05) is 36.3 Å². The number of pyridine rings is 1. The largest absolute Gasteiger partial charge is 0.273 e. The highest BCUT2D eigenvalue weighted by Gasteiger charge is 2.28. The van der Waals surface area contributed by atoms with Crippen molar-refractivity contribution in [2.45, 2.75) is 38.8 Å². The minimum atomic E-state index is -0.436. The van der Waals surface area contributed by atoms with Crippen molar-refractivity contribution >= 4 is 23.0 Å². The molecule has 0 saturated heterocycles. The van der Waals surface area contributed by atoms with Crippen molar-refractivity contribution < 1.29 is 9.18 Å². The monoisotopic (exact) mass is 416 g/mol. The minimum absolute atomic E-state index is 0.148. The molecule has 0 spiro atoms. The van der Waals surface area contributed by atoms with Gasteiger partial charge in [-0.1, -0.05) is 12.2 Å². The molecule has 0 N–H and O–H groups in total. The van der Waals surface area contributed by atoms with Crippen LogP contribution in [0.3, 0.4) is 0 Å². The molecule has 1 atom stereocenters. The molecule has 1 amide bonds. The zero-order chi connectivity index (χ0) is 22.0. The number of benzene rings is 1. The highest BCUT2D eigenvalue weighted by molar-refractivity contribution is 5.83. The Kier molecular flexibility index (Phi) is 5.58. The quantitative estimate of drug-likeness (QED) is 0.567. The van der Waals surface area contributed by atoms with Gasteiger partial charge in [-0.05, 0) is 43.2 Å². The summed E-state index contributed by atoms with van der Waals surface area (Å²) >= 11 is 0. The van der Waals surface area contributed by atoms with Crippen LogP contribution in [0.15, 0.2) is 53.9 Å². The van der Waals surface area contributed by atoms with Crippen molar-refractivity contribution in [2.75, 3.05) is 0 Å². The van der Waals surface area contributed by atoms with Gasteiger partial charge >= 0.3 is 0 Å². The van der Waals surface area contributed by atoms with E-state index in [2.05, 4.69) is 27.8 Å². The highest BCUT2D eigenvalue weighted by atomic mass is 19.1. The predicted octanol–water partition coefficient (Wildman–Crippen LogP) is 4.05. The Bertz CT molecular complexity index is 1240. The Morgan fingerprint density at radius 2 is 2.16 bits per heavy atom. The van der Waals surface area contributed by atoms with Crippen LogP contribution in [0.25, 0.3) is 10.9 Å². The van der Waals surface area contributed by atoms with Gasteiger partial charge < -0.3 is 0 Å². The minimum Gasteiger partial charge on any atom is -0.273 e. The van der Waals surface area contributed by atoms with Crippen molar-refractivity contribution in [3.05, 3.63) is 71.4 Å². The second kappa shape index (κ2) is 8.48. The average molecular weight is 416 g/mol. The maximum atomic E-state index is 13.5. The molecule has 4 rings (SSSR count). The van der Waals surface area contributed by atoms with Crippen LogP contribution in [0, 0.1) is 24.1 Å². The Hall–Kier alpha value is -3.86. The number of nitrogens with zero attached hydrogens (tertiary/aromatic N) is 6. The average Bonchev–Trinajstić information content (AvgIpc) is 3.37. The zero-order valence-electron chi connectivity index (χ0n) is 17.1. The van der Waals surface area contributed by atoms with Crippen LogP contribution in [-0.2, 0) is 11.3 Å². The number of amides is 1. The fourth-order valence-electron chi connectivity index (χ4n) is 3.71. The number of carbonyl (C=O) groups excluding carboxylic acids is 1. The van der Waals surface area contributed by atoms with E-state index in [9.17, 15) is 9.18 Å². The number of hydrazone groups is 1. The maximum Gasteiger partial charge on any atom is 0.243 e. The predicted molar refractivity (Wildman–Crippen MR) is 114 cm³/mol. The molecule has 1 aliphatic heterocycles. The number of halogens is 1. The number of fused-ring (bicyclic) bond motifs is 1. The molecule has 0 fully saturated rings. The summed E-state index contributed by atoms with van der Waals surface area (Å²) in [5.74, 6) is -0.584. The third-order valence-electron chi connectivity index (χ3n) is 5.39. The third-order valence-corrected chi connectivity index (χ3v) is 5.39. The molecule has 1 aromatic carbocycles. The van der Waals surface area contributed by atoms with E-state index in [1.165, 1.54) is 11.1 Å². The number of aryl methyl sites for hydroxylation is 1. The fraction of sp³-hybridized carbons (Fsp3) is 0.261. The van der Waals surface area contributed by atoms with Gasteiger partial charge in [0.2, 0.25) is 5.91 Å². The van der Waals surface area contributed by atoms with Gasteiger partial charge in [-0.2, -0.15) is 15.5 Å². The van der Waals surface area contributed by atoms with E-state index in [4.69, 9.17) is 5.26 Å². The summed E-state index contributed by atoms with van der Waals surface area (Å²) in [5.41, 5.74) is 3.84. The van der Waals surface area contributed by atoms with E-state index in [1.807, 2.05) is 23.7 Å². The summed E-state index contributed by atoms with van der Waals surface area (Å²) in [7, 11) is 0. The van der Waals surface area contributed by atoms with E-state index in [-0.39, 0.29) is 18.4 Å². The van der Waals surface area contributed by atoms with Crippen LogP contribution >= 0.6 is 0 Å². The molecule has 3 heterocycles. The first-order valence-corrected chi connectivity index (χ1v) is 9.95. The van der Waals surface area contributed by atoms with Gasteiger partial charge in [0.15, 0.2) is 0 Å². The number of rotatable bonds is 6. The Labute approximate surface area is 179 Å². The van der Waals surface area contributed by atoms with Crippen molar-refractivity contribution in [1.82, 2.24) is 19.8 Å². The standard InChI is InChI=1S/C23H21FN6O/c1-15(14-29-16(2)20-9-17(11-25)4-5-21(20)28-29)3-6-23(31)30-22(7-8-27-30)18-10-19(24)13-26-12-18/h4-5,8-10,12-13,22H,1,3,6-7,14H2,2H3. The lowest BCUT2D eigenvalue weighted by Crippen LogP contribution is -2.27. The molecule has 1 aliphatic rings. The van der Waals surface area contributed by atoms with Crippen molar-refractivity contribution in [3.8, 4) is 6.07 Å². The summed E-state index contributed by atoms with van der Waals surface area (Å²) in [6.45, 7) is 6.53. The van der Waals surface area contributed by atoms with E-state index in [0.29, 0.717) is 30.5 Å². The lowest BCUT2D eigenvalue weighted by Gasteiger charge is -2.22. The summed E-state index contributed by atoms with van der Waals surface area (Å²) in [6.07, 6.45) is 5.62. The highest BCUT2D eigenvalue weighted by Crippen LogP contribution is 2.29. The van der Waals surface area contributed by atoms with Crippen LogP contribution in [-0.4, -0.2) is 31.9 Å². The lowest BCUT2D eigenvalue weighted by molar-refractivity contribution is -0.133. The first kappa shape index (κ1) is 20.4. The molecule has 2 aromatic heterocycles. The second-order valence-corrected chi connectivity index (χ2v) is 7.56. The normalized spacial score (nSPS) is 15.4. The summed E-state index contributed by atoms with van der Waals surface area (Å²) in [6, 6.07) is 8.59. The number of hydrogen-bond donors (Lipinski definition) is 0. The van der Waals surface area contributed by atoms with Crippen LogP contribution in [0.1, 0.15) is 42.1 Å². The third kappa shape index (κ3) is 4.21. The molecule has 7 nitrogen and oxygen atoms in total. The van der Waals surface area contributed by atoms with Crippen LogP contribution < -0.4 is 0 Å². The Balaban J connectivity index is 1.39. The molecule has 31 heavy (non-hydrogen) atoms. The van der Waals surface area contributed by atoms with Crippen LogP contribution in [0.2, 0.25) is 0 Å². The SMILES string of the molecule is C=C(CCC(=O)N1N=CCC1c1cncc(F)c1)Cn1nc2ccc(C#N)cc2c1C. The van der Waals surface area contributed by atoms with Crippen LogP contribution in [0.5, 0.6) is 0 Å². The topological polar surface area (TPSA) is 87.2 Å². The number of nitriles is 1. The van der Waals surface area contributed by atoms with Gasteiger partial charge in [-0.15, -0.1) is 0 Å². The maximum absolute atomic E-state index is 13.5. The number of aromatic nitrogens is 3. The van der Waals surface area contributed by atoms with Gasteiger partial charge in [0.25, 0.3) is 0 Å². The molecule has 3 aromatic rings. The van der Waals surface area contributed by atoms with Crippen molar-refractivity contribution in [1.29, 1.82) is 5.26 Å². The summed E-state index contributed by atoms with van der Waals surface area (Å²) < 4.78 is 15.4. The summed E-state index contributed by atoms with van der Waals surface area (Å²) in [5, 5.41) is 20.2. The number of carbonyl (C=O) groups is 1. The molecule has 0 aliphatic carbocycles. The Morgan fingerprint density at radius 1 is 1.32 bits per heavy atom. The molecule has 156 valence electrons. The molecule has 0 saturated carbocycles. The first-order valence-electron chi connectivity index (χ1n) is 9.95. The lowest BCUT2D eigenvalue weighted by atomic mass is 10.1. The van der Waals surface area contributed by atoms with Crippen molar-refractivity contribution in [3.63, 3.8) is 0 Å². The molecule has 1 unspecified atom stereocenters. The zero-order valence-corrected chi connectivity index (χ0v) is 17.1. The van der Waals surface area contributed by atoms with Gasteiger partial charge in [-0.25, -0.2) is 9.40 Å². The molecular weight excluding hydrogens is 395 g/mol. The van der Waals surface area contributed by atoms with Crippen LogP contribution in [0.4, 0.5) is 4.39 Å². The van der Waals surface area contributed by atoms with Gasteiger partial charge in [-0.3, -0.25) is 14.5 Å². The molecule has 0 bridgehead atoms. The van der Waals surface area contributed by atoms with E-state index < -0.39 is 5.82 Å². The molecular formula is C23H21FN6O. The van der Waals surface area contributed by atoms with E-state index in [1.54, 1.807) is 18.5 Å². The molecule has 0 radical (unpaired) electrons. The smallest absolute Gasteiger partial charge is 0.243 e. The van der Waals surface area contributed by atoms with Crippen molar-refractivity contribution in [2.24, 2.45) is 5.10 Å². The second-order valence-electron chi connectivity index (χ2n) is 7.56. The van der Waals surface area contributed by atoms with Gasteiger partial charge in [0.05, 0.1) is 35.9 Å².